The molecule has 5 heteroatoms. The molecule has 0 saturated heterocycles. The van der Waals surface area contributed by atoms with Crippen molar-refractivity contribution in [1.82, 2.24) is 10.6 Å². The molecule has 0 fully saturated rings. The zero-order chi connectivity index (χ0) is 20.5. The summed E-state index contributed by atoms with van der Waals surface area (Å²) in [6, 6.07) is 22.8. The largest absolute Gasteiger partial charge is 0.352 e. The molecule has 0 spiro atoms. The minimum atomic E-state index is -0.355. The average molecular weight is 390 g/mol. The number of rotatable bonds is 8. The summed E-state index contributed by atoms with van der Waals surface area (Å²) in [4.78, 5) is 24.5. The van der Waals surface area contributed by atoms with E-state index in [0.29, 0.717) is 23.2 Å². The quantitative estimate of drug-likeness (QED) is 0.569. The van der Waals surface area contributed by atoms with Gasteiger partial charge in [0.25, 0.3) is 11.8 Å². The van der Waals surface area contributed by atoms with Gasteiger partial charge in [0.15, 0.2) is 0 Å². The van der Waals surface area contributed by atoms with Gasteiger partial charge >= 0.3 is 0 Å². The predicted molar refractivity (Wildman–Crippen MR) is 111 cm³/mol. The van der Waals surface area contributed by atoms with Crippen LogP contribution < -0.4 is 10.6 Å². The Labute approximate surface area is 169 Å². The monoisotopic (exact) mass is 390 g/mol. The third-order valence-corrected chi connectivity index (χ3v) is 4.58. The number of hydrogen-bond acceptors (Lipinski definition) is 2. The van der Waals surface area contributed by atoms with Gasteiger partial charge in [-0.1, -0.05) is 48.5 Å². The van der Waals surface area contributed by atoms with E-state index in [4.69, 9.17) is 0 Å². The van der Waals surface area contributed by atoms with E-state index in [9.17, 15) is 14.0 Å². The first-order chi connectivity index (χ1) is 14.1. The third-order valence-electron chi connectivity index (χ3n) is 4.58. The molecule has 0 aliphatic carbocycles. The number of amides is 2. The lowest BCUT2D eigenvalue weighted by molar-refractivity contribution is 0.0940. The molecule has 3 aromatic rings. The van der Waals surface area contributed by atoms with Crippen LogP contribution in [0.1, 0.15) is 38.3 Å². The van der Waals surface area contributed by atoms with E-state index in [-0.39, 0.29) is 24.2 Å². The summed E-state index contributed by atoms with van der Waals surface area (Å²) in [5, 5.41) is 5.57. The molecule has 0 saturated carbocycles. The van der Waals surface area contributed by atoms with Gasteiger partial charge in [0.1, 0.15) is 5.82 Å². The van der Waals surface area contributed by atoms with Crippen molar-refractivity contribution < 1.29 is 14.0 Å². The summed E-state index contributed by atoms with van der Waals surface area (Å²) in [5.41, 5.74) is 2.58. The fourth-order valence-electron chi connectivity index (χ4n) is 2.93. The maximum absolute atomic E-state index is 13.6. The summed E-state index contributed by atoms with van der Waals surface area (Å²) in [5.74, 6) is -0.841. The van der Waals surface area contributed by atoms with E-state index in [1.54, 1.807) is 42.5 Å². The van der Waals surface area contributed by atoms with Crippen LogP contribution >= 0.6 is 0 Å². The van der Waals surface area contributed by atoms with Gasteiger partial charge in [-0.25, -0.2) is 4.39 Å². The molecule has 29 heavy (non-hydrogen) atoms. The highest BCUT2D eigenvalue weighted by molar-refractivity contribution is 5.97. The SMILES string of the molecule is O=C(NCCCc1ccccc1)c1ccc(C(=O)NCc2ccccc2F)cc1. The van der Waals surface area contributed by atoms with Crippen LogP contribution in [0.4, 0.5) is 4.39 Å². The number of aryl methyl sites for hydroxylation is 1. The number of benzene rings is 3. The van der Waals surface area contributed by atoms with Crippen LogP contribution in [0, 0.1) is 5.82 Å². The second-order valence-corrected chi connectivity index (χ2v) is 6.70. The minimum Gasteiger partial charge on any atom is -0.352 e. The van der Waals surface area contributed by atoms with Crippen LogP contribution in [-0.4, -0.2) is 18.4 Å². The second-order valence-electron chi connectivity index (χ2n) is 6.70. The Morgan fingerprint density at radius 2 is 1.31 bits per heavy atom. The van der Waals surface area contributed by atoms with Crippen molar-refractivity contribution in [2.24, 2.45) is 0 Å². The summed E-state index contributed by atoms with van der Waals surface area (Å²) in [6.45, 7) is 0.688. The standard InChI is InChI=1S/C24H23FN2O2/c25-22-11-5-4-10-21(22)17-27-24(29)20-14-12-19(13-15-20)23(28)26-16-6-9-18-7-2-1-3-8-18/h1-5,7-8,10-15H,6,9,16-17H2,(H,26,28)(H,27,29). The van der Waals surface area contributed by atoms with Gasteiger partial charge in [-0.2, -0.15) is 0 Å². The third kappa shape index (κ3) is 6.01. The molecular formula is C24H23FN2O2. The molecule has 3 aromatic carbocycles. The summed E-state index contributed by atoms with van der Waals surface area (Å²) >= 11 is 0. The van der Waals surface area contributed by atoms with Crippen molar-refractivity contribution in [3.8, 4) is 0 Å². The van der Waals surface area contributed by atoms with E-state index in [1.165, 1.54) is 11.6 Å². The van der Waals surface area contributed by atoms with Crippen molar-refractivity contribution in [1.29, 1.82) is 0 Å². The Morgan fingerprint density at radius 1 is 0.724 bits per heavy atom. The van der Waals surface area contributed by atoms with E-state index < -0.39 is 0 Å². The van der Waals surface area contributed by atoms with E-state index in [2.05, 4.69) is 22.8 Å². The average Bonchev–Trinajstić information content (AvgIpc) is 2.76. The molecule has 0 atom stereocenters. The molecular weight excluding hydrogens is 367 g/mol. The highest BCUT2D eigenvalue weighted by Crippen LogP contribution is 2.08. The number of halogens is 1. The Morgan fingerprint density at radius 3 is 1.97 bits per heavy atom. The van der Waals surface area contributed by atoms with Crippen molar-refractivity contribution >= 4 is 11.8 Å². The van der Waals surface area contributed by atoms with Crippen LogP contribution in [-0.2, 0) is 13.0 Å². The lowest BCUT2D eigenvalue weighted by Crippen LogP contribution is -2.25. The lowest BCUT2D eigenvalue weighted by Gasteiger charge is -2.08. The van der Waals surface area contributed by atoms with E-state index in [1.807, 2.05) is 18.2 Å². The van der Waals surface area contributed by atoms with Gasteiger partial charge in [0.2, 0.25) is 0 Å². The van der Waals surface area contributed by atoms with Crippen LogP contribution in [0.3, 0.4) is 0 Å². The van der Waals surface area contributed by atoms with Gasteiger partial charge in [-0.15, -0.1) is 0 Å². The van der Waals surface area contributed by atoms with Crippen LogP contribution in [0.15, 0.2) is 78.9 Å². The summed E-state index contributed by atoms with van der Waals surface area (Å²) in [7, 11) is 0. The Balaban J connectivity index is 1.45. The van der Waals surface area contributed by atoms with Gasteiger partial charge in [0, 0.05) is 29.8 Å². The molecule has 4 nitrogen and oxygen atoms in total. The topological polar surface area (TPSA) is 58.2 Å². The van der Waals surface area contributed by atoms with Crippen molar-refractivity contribution in [2.45, 2.75) is 19.4 Å². The molecule has 148 valence electrons. The summed E-state index contributed by atoms with van der Waals surface area (Å²) in [6.07, 6.45) is 1.76. The fourth-order valence-corrected chi connectivity index (χ4v) is 2.93. The molecule has 0 aliphatic heterocycles. The van der Waals surface area contributed by atoms with Crippen LogP contribution in [0.2, 0.25) is 0 Å². The first kappa shape index (κ1) is 20.3. The first-order valence-electron chi connectivity index (χ1n) is 9.57. The van der Waals surface area contributed by atoms with E-state index in [0.717, 1.165) is 12.8 Å². The maximum Gasteiger partial charge on any atom is 0.251 e. The molecule has 3 rings (SSSR count). The Kier molecular flexibility index (Phi) is 7.11. The van der Waals surface area contributed by atoms with Gasteiger partial charge in [-0.05, 0) is 48.7 Å². The first-order valence-corrected chi connectivity index (χ1v) is 9.57. The number of hydrogen-bond donors (Lipinski definition) is 2. The van der Waals surface area contributed by atoms with Crippen LogP contribution in [0.5, 0.6) is 0 Å². The van der Waals surface area contributed by atoms with Crippen LogP contribution in [0.25, 0.3) is 0 Å². The highest BCUT2D eigenvalue weighted by Gasteiger charge is 2.09. The smallest absolute Gasteiger partial charge is 0.251 e. The number of carbonyl (C=O) groups excluding carboxylic acids is 2. The van der Waals surface area contributed by atoms with E-state index >= 15 is 0 Å². The normalized spacial score (nSPS) is 10.4. The second kappa shape index (κ2) is 10.2. The molecule has 0 heterocycles. The zero-order valence-corrected chi connectivity index (χ0v) is 16.0. The van der Waals surface area contributed by atoms with Crippen molar-refractivity contribution in [3.05, 3.63) is 107 Å². The summed E-state index contributed by atoms with van der Waals surface area (Å²) < 4.78 is 13.6. The Hall–Kier alpha value is -3.47. The number of nitrogens with one attached hydrogen (secondary N) is 2. The lowest BCUT2D eigenvalue weighted by atomic mass is 10.1. The van der Waals surface area contributed by atoms with Crippen molar-refractivity contribution in [3.63, 3.8) is 0 Å². The molecule has 2 N–H and O–H groups in total. The highest BCUT2D eigenvalue weighted by atomic mass is 19.1. The molecule has 0 radical (unpaired) electrons. The Bertz CT molecular complexity index is 956. The minimum absolute atomic E-state index is 0.106. The molecule has 0 aliphatic rings. The molecule has 0 bridgehead atoms. The molecule has 0 unspecified atom stereocenters. The molecule has 2 amide bonds. The zero-order valence-electron chi connectivity index (χ0n) is 16.0. The van der Waals surface area contributed by atoms with Gasteiger partial charge in [0.05, 0.1) is 0 Å². The maximum atomic E-state index is 13.6. The number of carbonyl (C=O) groups is 2. The fraction of sp³-hybridized carbons (Fsp3) is 0.167. The van der Waals surface area contributed by atoms with Gasteiger partial charge < -0.3 is 10.6 Å². The van der Waals surface area contributed by atoms with Gasteiger partial charge in [-0.3, -0.25) is 9.59 Å². The predicted octanol–water partition coefficient (Wildman–Crippen LogP) is 4.12. The van der Waals surface area contributed by atoms with Crippen molar-refractivity contribution in [2.75, 3.05) is 6.54 Å². The molecule has 0 aromatic heterocycles.